The maximum absolute atomic E-state index is 12.1. The molecule has 118 valence electrons. The van der Waals surface area contributed by atoms with Crippen LogP contribution in [0.2, 0.25) is 0 Å². The summed E-state index contributed by atoms with van der Waals surface area (Å²) in [4.78, 5) is 13.4. The van der Waals surface area contributed by atoms with Gasteiger partial charge in [-0.25, -0.2) is 12.7 Å². The number of nitrogens with zero attached hydrogens (tertiary/aromatic N) is 2. The second-order valence-corrected chi connectivity index (χ2v) is 8.20. The minimum absolute atomic E-state index is 0.154. The first-order chi connectivity index (χ1) is 9.80. The predicted octanol–water partition coefficient (Wildman–Crippen LogP) is -0.629. The Hall–Kier alpha value is -1.18. The number of likely N-dealkylation sites (tertiary alicyclic amines) is 1. The molecule has 0 unspecified atom stereocenters. The van der Waals surface area contributed by atoms with E-state index in [1.807, 2.05) is 0 Å². The molecule has 0 spiro atoms. The van der Waals surface area contributed by atoms with E-state index in [2.05, 4.69) is 6.92 Å². The summed E-state index contributed by atoms with van der Waals surface area (Å²) in [6.45, 7) is 4.83. The van der Waals surface area contributed by atoms with Crippen LogP contribution in [0.4, 0.5) is 0 Å². The third kappa shape index (κ3) is 3.72. The first kappa shape index (κ1) is 16.2. The van der Waals surface area contributed by atoms with Gasteiger partial charge in [-0.15, -0.1) is 0 Å². The molecule has 1 N–H and O–H groups in total. The van der Waals surface area contributed by atoms with E-state index in [0.29, 0.717) is 6.67 Å². The SMILES string of the molecule is CC1CC[NH+](Cn2cc(S(=O)(=O)N(C)C)ccc2=O)CC1. The van der Waals surface area contributed by atoms with Gasteiger partial charge in [0.05, 0.1) is 18.0 Å². The monoisotopic (exact) mass is 314 g/mol. The number of quaternary nitrogens is 1. The lowest BCUT2D eigenvalue weighted by atomic mass is 10.00. The lowest BCUT2D eigenvalue weighted by Crippen LogP contribution is -3.12. The molecule has 0 radical (unpaired) electrons. The minimum atomic E-state index is -3.50. The smallest absolute Gasteiger partial charge is 0.254 e. The zero-order valence-electron chi connectivity index (χ0n) is 12.9. The van der Waals surface area contributed by atoms with Crippen molar-refractivity contribution in [3.05, 3.63) is 28.7 Å². The summed E-state index contributed by atoms with van der Waals surface area (Å²) in [6.07, 6.45) is 3.77. The van der Waals surface area contributed by atoms with E-state index in [1.165, 1.54) is 41.9 Å². The van der Waals surface area contributed by atoms with Crippen LogP contribution in [-0.2, 0) is 16.7 Å². The van der Waals surface area contributed by atoms with Crippen LogP contribution >= 0.6 is 0 Å². The van der Waals surface area contributed by atoms with Gasteiger partial charge in [0.15, 0.2) is 6.67 Å². The maximum atomic E-state index is 12.1. The van der Waals surface area contributed by atoms with Gasteiger partial charge in [0.25, 0.3) is 5.56 Å². The second-order valence-electron chi connectivity index (χ2n) is 6.05. The van der Waals surface area contributed by atoms with Gasteiger partial charge in [-0.1, -0.05) is 6.92 Å². The highest BCUT2D eigenvalue weighted by Crippen LogP contribution is 2.10. The Balaban J connectivity index is 2.22. The van der Waals surface area contributed by atoms with Crippen molar-refractivity contribution >= 4 is 10.0 Å². The van der Waals surface area contributed by atoms with Gasteiger partial charge >= 0.3 is 0 Å². The Morgan fingerprint density at radius 2 is 1.90 bits per heavy atom. The van der Waals surface area contributed by atoms with Gasteiger partial charge in [-0.2, -0.15) is 0 Å². The summed E-state index contributed by atoms with van der Waals surface area (Å²) in [5.41, 5.74) is -0.154. The molecule has 1 aromatic rings. The molecule has 7 heteroatoms. The molecule has 2 heterocycles. The van der Waals surface area contributed by atoms with Crippen LogP contribution in [0.5, 0.6) is 0 Å². The van der Waals surface area contributed by atoms with Crippen molar-refractivity contribution in [3.63, 3.8) is 0 Å². The van der Waals surface area contributed by atoms with Crippen molar-refractivity contribution in [2.75, 3.05) is 27.2 Å². The Morgan fingerprint density at radius 1 is 1.29 bits per heavy atom. The van der Waals surface area contributed by atoms with Crippen molar-refractivity contribution < 1.29 is 13.3 Å². The van der Waals surface area contributed by atoms with Gasteiger partial charge in [0.1, 0.15) is 0 Å². The average Bonchev–Trinajstić information content (AvgIpc) is 2.43. The first-order valence-electron chi connectivity index (χ1n) is 7.27. The number of pyridine rings is 1. The van der Waals surface area contributed by atoms with E-state index in [1.54, 1.807) is 0 Å². The Morgan fingerprint density at radius 3 is 2.48 bits per heavy atom. The van der Waals surface area contributed by atoms with Gasteiger partial charge < -0.3 is 4.90 Å². The summed E-state index contributed by atoms with van der Waals surface area (Å²) < 4.78 is 26.9. The normalized spacial score (nSPS) is 23.4. The summed E-state index contributed by atoms with van der Waals surface area (Å²) >= 11 is 0. The number of rotatable bonds is 4. The molecule has 0 aliphatic carbocycles. The van der Waals surface area contributed by atoms with Crippen molar-refractivity contribution in [2.45, 2.75) is 31.3 Å². The maximum Gasteiger partial charge on any atom is 0.254 e. The van der Waals surface area contributed by atoms with Crippen LogP contribution in [0.25, 0.3) is 0 Å². The molecule has 2 rings (SSSR count). The van der Waals surface area contributed by atoms with Crippen molar-refractivity contribution in [1.82, 2.24) is 8.87 Å². The minimum Gasteiger partial charge on any atom is -0.317 e. The lowest BCUT2D eigenvalue weighted by Gasteiger charge is -2.27. The highest BCUT2D eigenvalue weighted by molar-refractivity contribution is 7.89. The topological polar surface area (TPSA) is 63.8 Å². The largest absolute Gasteiger partial charge is 0.317 e. The highest BCUT2D eigenvalue weighted by Gasteiger charge is 2.21. The van der Waals surface area contributed by atoms with Crippen LogP contribution in [0, 0.1) is 5.92 Å². The molecule has 0 atom stereocenters. The molecule has 1 aromatic heterocycles. The number of hydrogen-bond donors (Lipinski definition) is 1. The van der Waals surface area contributed by atoms with E-state index in [4.69, 9.17) is 0 Å². The van der Waals surface area contributed by atoms with E-state index >= 15 is 0 Å². The molecule has 0 saturated carbocycles. The summed E-state index contributed by atoms with van der Waals surface area (Å²) in [7, 11) is -0.525. The van der Waals surface area contributed by atoms with Crippen molar-refractivity contribution in [1.29, 1.82) is 0 Å². The predicted molar refractivity (Wildman–Crippen MR) is 80.7 cm³/mol. The quantitative estimate of drug-likeness (QED) is 0.805. The number of piperidine rings is 1. The van der Waals surface area contributed by atoms with E-state index in [-0.39, 0.29) is 10.5 Å². The van der Waals surface area contributed by atoms with Crippen molar-refractivity contribution in [3.8, 4) is 0 Å². The summed E-state index contributed by atoms with van der Waals surface area (Å²) in [5, 5.41) is 0. The first-order valence-corrected chi connectivity index (χ1v) is 8.71. The fourth-order valence-electron chi connectivity index (χ4n) is 2.57. The standard InChI is InChI=1S/C14H23N3O3S/c1-12-6-8-16(9-7-12)11-17-10-13(4-5-14(17)18)21(19,20)15(2)3/h4-5,10,12H,6-9,11H2,1-3H3/p+1. The van der Waals surface area contributed by atoms with E-state index < -0.39 is 10.0 Å². The van der Waals surface area contributed by atoms with Gasteiger partial charge in [-0.05, 0) is 24.8 Å². The molecule has 0 aromatic carbocycles. The molecule has 1 aliphatic rings. The lowest BCUT2D eigenvalue weighted by molar-refractivity contribution is -0.928. The van der Waals surface area contributed by atoms with E-state index in [0.717, 1.165) is 36.2 Å². The fraction of sp³-hybridized carbons (Fsp3) is 0.643. The molecule has 1 saturated heterocycles. The zero-order valence-corrected chi connectivity index (χ0v) is 13.7. The third-order valence-corrected chi connectivity index (χ3v) is 5.91. The zero-order chi connectivity index (χ0) is 15.6. The Kier molecular flexibility index (Phi) is 4.85. The van der Waals surface area contributed by atoms with Crippen LogP contribution in [0.15, 0.2) is 28.0 Å². The fourth-order valence-corrected chi connectivity index (χ4v) is 3.49. The Labute approximate surface area is 126 Å². The highest BCUT2D eigenvalue weighted by atomic mass is 32.2. The van der Waals surface area contributed by atoms with Gasteiger partial charge in [-0.3, -0.25) is 9.36 Å². The molecular weight excluding hydrogens is 290 g/mol. The van der Waals surface area contributed by atoms with Crippen LogP contribution < -0.4 is 10.5 Å². The molecule has 0 amide bonds. The molecule has 1 aliphatic heterocycles. The molecule has 0 bridgehead atoms. The van der Waals surface area contributed by atoms with Gasteiger partial charge in [0, 0.05) is 26.4 Å². The van der Waals surface area contributed by atoms with Crippen LogP contribution in [-0.4, -0.2) is 44.5 Å². The molecule has 1 fully saturated rings. The number of aromatic nitrogens is 1. The Bertz CT molecular complexity index is 644. The van der Waals surface area contributed by atoms with Gasteiger partial charge in [0.2, 0.25) is 10.0 Å². The number of nitrogens with one attached hydrogen (secondary N) is 1. The third-order valence-electron chi connectivity index (χ3n) is 4.11. The summed E-state index contributed by atoms with van der Waals surface area (Å²) in [6, 6.07) is 2.71. The number of hydrogen-bond acceptors (Lipinski definition) is 3. The van der Waals surface area contributed by atoms with Crippen LogP contribution in [0.3, 0.4) is 0 Å². The number of sulfonamides is 1. The van der Waals surface area contributed by atoms with E-state index in [9.17, 15) is 13.2 Å². The average molecular weight is 314 g/mol. The van der Waals surface area contributed by atoms with Crippen molar-refractivity contribution in [2.24, 2.45) is 5.92 Å². The molecule has 6 nitrogen and oxygen atoms in total. The molecular formula is C14H24N3O3S+. The van der Waals surface area contributed by atoms with Crippen LogP contribution in [0.1, 0.15) is 19.8 Å². The molecule has 21 heavy (non-hydrogen) atoms. The summed E-state index contributed by atoms with van der Waals surface area (Å²) in [5.74, 6) is 0.742. The second kappa shape index (κ2) is 6.29.